The van der Waals surface area contributed by atoms with Crippen LogP contribution >= 0.6 is 0 Å². The van der Waals surface area contributed by atoms with E-state index in [0.717, 1.165) is 22.8 Å². The molecule has 0 amide bonds. The van der Waals surface area contributed by atoms with Crippen LogP contribution in [0.1, 0.15) is 32.3 Å². The van der Waals surface area contributed by atoms with Gasteiger partial charge in [0.2, 0.25) is 10.5 Å². The first-order chi connectivity index (χ1) is 9.15. The Morgan fingerprint density at radius 1 is 1.42 bits per heavy atom. The summed E-state index contributed by atoms with van der Waals surface area (Å²) in [5.74, 6) is 1.04. The number of allylic oxidation sites excluding steroid dienone is 2. The fourth-order valence-corrected chi connectivity index (χ4v) is 7.90. The zero-order valence-corrected chi connectivity index (χ0v) is 15.5. The number of hydrogen-bond donors (Lipinski definition) is 0. The Labute approximate surface area is 120 Å². The van der Waals surface area contributed by atoms with Crippen molar-refractivity contribution in [3.05, 3.63) is 35.0 Å². The molecule has 1 unspecified atom stereocenters. The molecule has 1 heterocycles. The molecule has 1 aliphatic heterocycles. The predicted octanol–water partition coefficient (Wildman–Crippen LogP) is 2.12. The molecule has 2 nitrogen and oxygen atoms in total. The van der Waals surface area contributed by atoms with Gasteiger partial charge in [-0.1, -0.05) is 29.8 Å². The second kappa shape index (κ2) is 6.07. The minimum Gasteiger partial charge on any atom is -0.553 e. The first-order valence-electron chi connectivity index (χ1n) is 7.07. The summed E-state index contributed by atoms with van der Waals surface area (Å²) in [4.78, 5) is 0. The third kappa shape index (κ3) is 2.57. The van der Waals surface area contributed by atoms with Crippen LogP contribution in [0.25, 0.3) is 0 Å². The van der Waals surface area contributed by atoms with E-state index in [1.807, 2.05) is 0 Å². The van der Waals surface area contributed by atoms with Crippen LogP contribution < -0.4 is 9.61 Å². The molecule has 1 aliphatic rings. The van der Waals surface area contributed by atoms with E-state index in [0.29, 0.717) is 0 Å². The summed E-state index contributed by atoms with van der Waals surface area (Å²) >= 11 is 0. The van der Waals surface area contributed by atoms with Gasteiger partial charge in [0.25, 0.3) is 8.32 Å². The van der Waals surface area contributed by atoms with Gasteiger partial charge in [-0.25, -0.2) is 0 Å². The maximum Gasteiger partial charge on any atom is 0.251 e. The van der Waals surface area contributed by atoms with Gasteiger partial charge < -0.3 is 8.85 Å². The Balaban J connectivity index is 2.56. The number of benzene rings is 1. The third-order valence-corrected chi connectivity index (χ3v) is 9.45. The molecule has 0 aromatic heterocycles. The standard InChI is InChI=1S/C15H24O2Si2/c1-4-12(2)19(11-6-5-10-16-19)15-9-7-8-14(17-18)13(15)3/h4,7-9H,5-6,10-11H2,1-3,18H3. The normalized spacial score (nSPS) is 24.5. The van der Waals surface area contributed by atoms with Crippen LogP contribution in [-0.4, -0.2) is 25.4 Å². The van der Waals surface area contributed by atoms with Crippen LogP contribution in [0.5, 0.6) is 5.75 Å². The zero-order chi connectivity index (χ0) is 13.9. The summed E-state index contributed by atoms with van der Waals surface area (Å²) in [6.07, 6.45) is 4.72. The first-order valence-corrected chi connectivity index (χ1v) is 10.0. The molecule has 0 spiro atoms. The van der Waals surface area contributed by atoms with Crippen LogP contribution in [0.15, 0.2) is 29.5 Å². The van der Waals surface area contributed by atoms with Crippen LogP contribution in [0.2, 0.25) is 6.04 Å². The molecule has 0 bridgehead atoms. The summed E-state index contributed by atoms with van der Waals surface area (Å²) in [5.41, 5.74) is 1.28. The Kier molecular flexibility index (Phi) is 4.65. The smallest absolute Gasteiger partial charge is 0.251 e. The SMILES string of the molecule is CC=C(C)[Si]1(c2cccc(O[SiH3])c2C)CCCCO1. The van der Waals surface area contributed by atoms with Crippen molar-refractivity contribution in [2.24, 2.45) is 0 Å². The van der Waals surface area contributed by atoms with Crippen molar-refractivity contribution in [1.82, 2.24) is 0 Å². The van der Waals surface area contributed by atoms with Crippen molar-refractivity contribution in [3.8, 4) is 5.75 Å². The molecule has 4 heteroatoms. The fraction of sp³-hybridized carbons (Fsp3) is 0.467. The highest BCUT2D eigenvalue weighted by Gasteiger charge is 2.41. The molecule has 1 aromatic rings. The third-order valence-electron chi connectivity index (χ3n) is 4.28. The maximum atomic E-state index is 6.41. The van der Waals surface area contributed by atoms with Gasteiger partial charge in [0.05, 0.1) is 0 Å². The highest BCUT2D eigenvalue weighted by Crippen LogP contribution is 2.30. The summed E-state index contributed by atoms with van der Waals surface area (Å²) in [7, 11) is -1.22. The van der Waals surface area contributed by atoms with Gasteiger partial charge in [0.1, 0.15) is 5.75 Å². The Hall–Kier alpha value is -0.846. The van der Waals surface area contributed by atoms with E-state index < -0.39 is 8.32 Å². The van der Waals surface area contributed by atoms with E-state index in [2.05, 4.69) is 45.0 Å². The quantitative estimate of drug-likeness (QED) is 0.795. The van der Waals surface area contributed by atoms with E-state index in [9.17, 15) is 0 Å². The molecule has 19 heavy (non-hydrogen) atoms. The molecule has 1 aromatic carbocycles. The van der Waals surface area contributed by atoms with E-state index in [1.165, 1.54) is 34.8 Å². The van der Waals surface area contributed by atoms with Crippen LogP contribution in [0.3, 0.4) is 0 Å². The molecule has 1 fully saturated rings. The van der Waals surface area contributed by atoms with Crippen molar-refractivity contribution in [2.45, 2.75) is 39.7 Å². The van der Waals surface area contributed by atoms with E-state index >= 15 is 0 Å². The molecule has 1 saturated heterocycles. The molecular formula is C15H24O2Si2. The second-order valence-corrected chi connectivity index (χ2v) is 9.42. The van der Waals surface area contributed by atoms with Crippen LogP contribution in [0.4, 0.5) is 0 Å². The van der Waals surface area contributed by atoms with Gasteiger partial charge in [0.15, 0.2) is 0 Å². The van der Waals surface area contributed by atoms with Crippen molar-refractivity contribution in [3.63, 3.8) is 0 Å². The summed E-state index contributed by atoms with van der Waals surface area (Å²) in [6, 6.07) is 7.64. The topological polar surface area (TPSA) is 18.5 Å². The van der Waals surface area contributed by atoms with Gasteiger partial charge >= 0.3 is 0 Å². The van der Waals surface area contributed by atoms with Crippen LogP contribution in [0, 0.1) is 6.92 Å². The maximum absolute atomic E-state index is 6.41. The number of hydrogen-bond acceptors (Lipinski definition) is 2. The highest BCUT2D eigenvalue weighted by atomic mass is 28.4. The van der Waals surface area contributed by atoms with Crippen molar-refractivity contribution >= 4 is 24.0 Å². The second-order valence-electron chi connectivity index (χ2n) is 5.24. The minimum absolute atomic E-state index is 0.735. The molecule has 0 N–H and O–H groups in total. The number of rotatable bonds is 3. The fourth-order valence-electron chi connectivity index (χ4n) is 3.04. The lowest BCUT2D eigenvalue weighted by Gasteiger charge is -2.37. The van der Waals surface area contributed by atoms with Gasteiger partial charge in [0, 0.05) is 6.61 Å². The van der Waals surface area contributed by atoms with Crippen LogP contribution in [-0.2, 0) is 4.43 Å². The lowest BCUT2D eigenvalue weighted by molar-refractivity contribution is 0.280. The average Bonchev–Trinajstić information content (AvgIpc) is 2.47. The van der Waals surface area contributed by atoms with E-state index in [-0.39, 0.29) is 0 Å². The lowest BCUT2D eigenvalue weighted by atomic mass is 10.2. The molecule has 1 atom stereocenters. The molecule has 0 radical (unpaired) electrons. The Bertz CT molecular complexity index is 477. The van der Waals surface area contributed by atoms with Gasteiger partial charge in [-0.05, 0) is 50.1 Å². The predicted molar refractivity (Wildman–Crippen MR) is 86.6 cm³/mol. The average molecular weight is 293 g/mol. The Morgan fingerprint density at radius 3 is 2.79 bits per heavy atom. The first kappa shape index (κ1) is 14.6. The Morgan fingerprint density at radius 2 is 2.21 bits per heavy atom. The minimum atomic E-state index is -1.96. The van der Waals surface area contributed by atoms with E-state index in [4.69, 9.17) is 8.85 Å². The van der Waals surface area contributed by atoms with Crippen molar-refractivity contribution in [1.29, 1.82) is 0 Å². The lowest BCUT2D eigenvalue weighted by Crippen LogP contribution is -2.55. The monoisotopic (exact) mass is 292 g/mol. The molecular weight excluding hydrogens is 268 g/mol. The molecule has 0 aliphatic carbocycles. The summed E-state index contributed by atoms with van der Waals surface area (Å²) in [5, 5.41) is 2.86. The molecule has 0 saturated carbocycles. The van der Waals surface area contributed by atoms with Gasteiger partial charge in [-0.3, -0.25) is 0 Å². The van der Waals surface area contributed by atoms with Gasteiger partial charge in [-0.2, -0.15) is 0 Å². The molecule has 104 valence electrons. The van der Waals surface area contributed by atoms with Gasteiger partial charge in [-0.15, -0.1) is 0 Å². The summed E-state index contributed by atoms with van der Waals surface area (Å²) in [6.45, 7) is 7.46. The summed E-state index contributed by atoms with van der Waals surface area (Å²) < 4.78 is 12.0. The van der Waals surface area contributed by atoms with E-state index in [1.54, 1.807) is 0 Å². The molecule has 2 rings (SSSR count). The largest absolute Gasteiger partial charge is 0.553 e. The highest BCUT2D eigenvalue weighted by molar-refractivity contribution is 6.93. The van der Waals surface area contributed by atoms with Crippen molar-refractivity contribution < 1.29 is 8.85 Å². The van der Waals surface area contributed by atoms with Crippen molar-refractivity contribution in [2.75, 3.05) is 6.61 Å². The zero-order valence-electron chi connectivity index (χ0n) is 12.5.